The van der Waals surface area contributed by atoms with E-state index < -0.39 is 12.0 Å². The number of carboxylic acids is 1. The first-order chi connectivity index (χ1) is 9.43. The fraction of sp³-hybridized carbons (Fsp3) is 0.571. The van der Waals surface area contributed by atoms with Crippen molar-refractivity contribution >= 4 is 39.1 Å². The van der Waals surface area contributed by atoms with Gasteiger partial charge in [0.1, 0.15) is 6.04 Å². The van der Waals surface area contributed by atoms with Gasteiger partial charge < -0.3 is 10.4 Å². The topological polar surface area (TPSA) is 66.4 Å². The molecule has 4 nitrogen and oxygen atoms in total. The molecule has 2 unspecified atom stereocenters. The molecule has 1 rings (SSSR count). The minimum Gasteiger partial charge on any atom is -0.480 e. The monoisotopic (exact) mass is 361 g/mol. The minimum absolute atomic E-state index is 0.0651. The smallest absolute Gasteiger partial charge is 0.326 e. The van der Waals surface area contributed by atoms with Crippen LogP contribution in [0, 0.1) is 5.92 Å². The lowest BCUT2D eigenvalue weighted by atomic mass is 9.99. The van der Waals surface area contributed by atoms with Crippen molar-refractivity contribution in [3.63, 3.8) is 0 Å². The molecule has 0 aliphatic heterocycles. The number of aryl methyl sites for hydroxylation is 1. The molecule has 0 radical (unpaired) electrons. The zero-order valence-electron chi connectivity index (χ0n) is 11.7. The molecule has 1 aromatic rings. The number of carbonyl (C=O) groups is 2. The largest absolute Gasteiger partial charge is 0.480 e. The van der Waals surface area contributed by atoms with Gasteiger partial charge in [-0.25, -0.2) is 4.79 Å². The highest BCUT2D eigenvalue weighted by molar-refractivity contribution is 9.11. The predicted molar refractivity (Wildman–Crippen MR) is 84.0 cm³/mol. The maximum Gasteiger partial charge on any atom is 0.326 e. The number of halogens is 1. The summed E-state index contributed by atoms with van der Waals surface area (Å²) >= 11 is 5.06. The Labute approximate surface area is 131 Å². The fourth-order valence-corrected chi connectivity index (χ4v) is 3.36. The van der Waals surface area contributed by atoms with Crippen LogP contribution in [0.3, 0.4) is 0 Å². The fourth-order valence-electron chi connectivity index (χ4n) is 1.84. The molecule has 0 saturated heterocycles. The quantitative estimate of drug-likeness (QED) is 0.744. The summed E-state index contributed by atoms with van der Waals surface area (Å²) in [7, 11) is 0. The van der Waals surface area contributed by atoms with Gasteiger partial charge in [0, 0.05) is 11.3 Å². The highest BCUT2D eigenvalue weighted by atomic mass is 79.9. The highest BCUT2D eigenvalue weighted by Gasteiger charge is 2.24. The highest BCUT2D eigenvalue weighted by Crippen LogP contribution is 2.23. The molecule has 1 aromatic heterocycles. The van der Waals surface area contributed by atoms with Crippen molar-refractivity contribution in [1.82, 2.24) is 5.32 Å². The maximum absolute atomic E-state index is 11.8. The first kappa shape index (κ1) is 17.2. The zero-order chi connectivity index (χ0) is 15.1. The lowest BCUT2D eigenvalue weighted by molar-refractivity contribution is -0.143. The third kappa shape index (κ3) is 5.63. The Bertz CT molecular complexity index is 461. The Morgan fingerprint density at radius 2 is 2.15 bits per heavy atom. The van der Waals surface area contributed by atoms with Crippen LogP contribution in [0.1, 0.15) is 38.0 Å². The molecule has 0 aromatic carbocycles. The van der Waals surface area contributed by atoms with E-state index >= 15 is 0 Å². The minimum atomic E-state index is -0.963. The van der Waals surface area contributed by atoms with E-state index in [1.54, 1.807) is 11.3 Å². The van der Waals surface area contributed by atoms with Gasteiger partial charge in [-0.3, -0.25) is 4.79 Å². The van der Waals surface area contributed by atoms with Crippen molar-refractivity contribution in [3.8, 4) is 0 Å². The number of carbonyl (C=O) groups excluding carboxylic acids is 1. The van der Waals surface area contributed by atoms with E-state index in [4.69, 9.17) is 5.11 Å². The molecule has 0 bridgehead atoms. The number of rotatable bonds is 8. The lowest BCUT2D eigenvalue weighted by Gasteiger charge is -2.20. The molecule has 0 aliphatic carbocycles. The first-order valence-electron chi connectivity index (χ1n) is 6.70. The van der Waals surface area contributed by atoms with E-state index in [1.165, 1.54) is 4.88 Å². The van der Waals surface area contributed by atoms with Gasteiger partial charge in [-0.2, -0.15) is 0 Å². The van der Waals surface area contributed by atoms with Crippen LogP contribution in [0.25, 0.3) is 0 Å². The number of carboxylic acid groups (broad SMARTS) is 1. The van der Waals surface area contributed by atoms with Crippen LogP contribution in [-0.2, 0) is 16.0 Å². The molecule has 6 heteroatoms. The van der Waals surface area contributed by atoms with E-state index in [0.29, 0.717) is 6.42 Å². The van der Waals surface area contributed by atoms with Crippen molar-refractivity contribution in [2.24, 2.45) is 5.92 Å². The molecule has 20 heavy (non-hydrogen) atoms. The Morgan fingerprint density at radius 1 is 1.45 bits per heavy atom. The Balaban J connectivity index is 2.36. The van der Waals surface area contributed by atoms with E-state index in [-0.39, 0.29) is 11.8 Å². The summed E-state index contributed by atoms with van der Waals surface area (Å²) in [6.07, 6.45) is 2.65. The van der Waals surface area contributed by atoms with E-state index in [1.807, 2.05) is 26.0 Å². The number of hydrogen-bond donors (Lipinski definition) is 2. The van der Waals surface area contributed by atoms with Gasteiger partial charge in [0.2, 0.25) is 5.91 Å². The van der Waals surface area contributed by atoms with Crippen LogP contribution < -0.4 is 5.32 Å². The van der Waals surface area contributed by atoms with Crippen LogP contribution in [-0.4, -0.2) is 23.0 Å². The van der Waals surface area contributed by atoms with Crippen LogP contribution in [0.2, 0.25) is 0 Å². The van der Waals surface area contributed by atoms with Gasteiger partial charge in [-0.15, -0.1) is 11.3 Å². The Morgan fingerprint density at radius 3 is 2.65 bits per heavy atom. The number of thiophene rings is 1. The summed E-state index contributed by atoms with van der Waals surface area (Å²) in [4.78, 5) is 24.1. The van der Waals surface area contributed by atoms with E-state index in [9.17, 15) is 9.59 Å². The summed E-state index contributed by atoms with van der Waals surface area (Å²) in [5.74, 6) is -1.21. The number of amides is 1. The molecule has 112 valence electrons. The number of hydrogen-bond acceptors (Lipinski definition) is 3. The van der Waals surface area contributed by atoms with Crippen LogP contribution in [0.4, 0.5) is 0 Å². The summed E-state index contributed by atoms with van der Waals surface area (Å²) in [6.45, 7) is 3.75. The second-order valence-corrected chi connectivity index (χ2v) is 7.38. The average Bonchev–Trinajstić information content (AvgIpc) is 2.80. The van der Waals surface area contributed by atoms with Crippen molar-refractivity contribution in [1.29, 1.82) is 0 Å². The summed E-state index contributed by atoms with van der Waals surface area (Å²) in [5.41, 5.74) is 0. The summed E-state index contributed by atoms with van der Waals surface area (Å²) in [5, 5.41) is 11.7. The molecule has 2 N–H and O–H groups in total. The average molecular weight is 362 g/mol. The second kappa shape index (κ2) is 8.42. The van der Waals surface area contributed by atoms with Crippen molar-refractivity contribution in [2.75, 3.05) is 0 Å². The second-order valence-electron chi connectivity index (χ2n) is 4.83. The molecular formula is C14H20BrNO3S. The molecule has 0 fully saturated rings. The van der Waals surface area contributed by atoms with Gasteiger partial charge in [0.25, 0.3) is 0 Å². The molecular weight excluding hydrogens is 342 g/mol. The van der Waals surface area contributed by atoms with Gasteiger partial charge in [-0.05, 0) is 46.8 Å². The van der Waals surface area contributed by atoms with Gasteiger partial charge in [0.15, 0.2) is 0 Å². The van der Waals surface area contributed by atoms with Crippen LogP contribution >= 0.6 is 27.3 Å². The van der Waals surface area contributed by atoms with Crippen molar-refractivity contribution < 1.29 is 14.7 Å². The molecule has 0 spiro atoms. The van der Waals surface area contributed by atoms with E-state index in [0.717, 1.165) is 23.0 Å². The number of aliphatic carboxylic acids is 1. The normalized spacial score (nSPS) is 13.8. The van der Waals surface area contributed by atoms with Gasteiger partial charge >= 0.3 is 5.97 Å². The zero-order valence-corrected chi connectivity index (χ0v) is 14.1. The molecule has 1 heterocycles. The predicted octanol–water partition coefficient (Wildman–Crippen LogP) is 3.45. The Kier molecular flexibility index (Phi) is 7.23. The third-order valence-corrected chi connectivity index (χ3v) is 4.93. The lowest BCUT2D eigenvalue weighted by Crippen LogP contribution is -2.44. The molecule has 2 atom stereocenters. The molecule has 0 aliphatic rings. The Hall–Kier alpha value is -0.880. The maximum atomic E-state index is 11.8. The third-order valence-electron chi connectivity index (χ3n) is 3.25. The van der Waals surface area contributed by atoms with Crippen LogP contribution in [0.15, 0.2) is 15.9 Å². The standard InChI is InChI=1S/C14H20BrNO3S/c1-3-9(2)13(14(18)19)16-12(17)6-4-5-10-7-8-11(15)20-10/h7-9,13H,3-6H2,1-2H3,(H,16,17)(H,18,19). The molecule has 0 saturated carbocycles. The summed E-state index contributed by atoms with van der Waals surface area (Å²) in [6, 6.07) is 3.23. The molecule has 1 amide bonds. The first-order valence-corrected chi connectivity index (χ1v) is 8.31. The van der Waals surface area contributed by atoms with Gasteiger partial charge in [-0.1, -0.05) is 20.3 Å². The van der Waals surface area contributed by atoms with Gasteiger partial charge in [0.05, 0.1) is 3.79 Å². The summed E-state index contributed by atoms with van der Waals surface area (Å²) < 4.78 is 1.08. The van der Waals surface area contributed by atoms with Crippen molar-refractivity contribution in [3.05, 3.63) is 20.8 Å². The SMILES string of the molecule is CCC(C)C(NC(=O)CCCc1ccc(Br)s1)C(=O)O. The van der Waals surface area contributed by atoms with Crippen molar-refractivity contribution in [2.45, 2.75) is 45.6 Å². The van der Waals surface area contributed by atoms with E-state index in [2.05, 4.69) is 21.2 Å². The number of nitrogens with one attached hydrogen (secondary N) is 1. The van der Waals surface area contributed by atoms with Crippen LogP contribution in [0.5, 0.6) is 0 Å².